The highest BCUT2D eigenvalue weighted by Gasteiger charge is 2.32. The topological polar surface area (TPSA) is 78.5 Å². The summed E-state index contributed by atoms with van der Waals surface area (Å²) in [6.45, 7) is 5.10. The van der Waals surface area contributed by atoms with E-state index in [1.54, 1.807) is 13.2 Å². The summed E-state index contributed by atoms with van der Waals surface area (Å²) in [5, 5.41) is 3.38. The number of benzene rings is 1. The molecule has 32 heavy (non-hydrogen) atoms. The summed E-state index contributed by atoms with van der Waals surface area (Å²) >= 11 is 6.37. The van der Waals surface area contributed by atoms with Gasteiger partial charge in [-0.1, -0.05) is 11.6 Å². The first-order valence-corrected chi connectivity index (χ1v) is 11.8. The van der Waals surface area contributed by atoms with Crippen LogP contribution < -0.4 is 19.5 Å². The van der Waals surface area contributed by atoms with Gasteiger partial charge in [0, 0.05) is 45.7 Å². The number of hydrogen-bond acceptors (Lipinski definition) is 7. The second-order valence-corrected chi connectivity index (χ2v) is 8.98. The van der Waals surface area contributed by atoms with E-state index in [2.05, 4.69) is 10.2 Å². The standard InChI is InChI=1S/C23H33ClN2O6/c1-28-19-14-26(13-16-5-3-8-30-16)7-6-15(19)12-25-23(27)17-11-18(24)21(29-2)22-20(17)31-9-4-10-32-22/h11,15-16,19H,3-10,12-14H2,1-2H3,(H,25,27)/t15-,16?,19?/m0/s1. The lowest BCUT2D eigenvalue weighted by atomic mass is 9.93. The van der Waals surface area contributed by atoms with Gasteiger partial charge >= 0.3 is 0 Å². The molecule has 3 heterocycles. The molecule has 8 nitrogen and oxygen atoms in total. The molecule has 9 heteroatoms. The van der Waals surface area contributed by atoms with Gasteiger partial charge in [0.05, 0.1) is 43.1 Å². The number of halogens is 1. The van der Waals surface area contributed by atoms with Gasteiger partial charge in [-0.15, -0.1) is 0 Å². The number of fused-ring (bicyclic) bond motifs is 1. The fourth-order valence-corrected chi connectivity index (χ4v) is 5.00. The average molecular weight is 469 g/mol. The number of hydrogen-bond donors (Lipinski definition) is 1. The van der Waals surface area contributed by atoms with Gasteiger partial charge in [0.1, 0.15) is 0 Å². The molecule has 3 aliphatic rings. The Morgan fingerprint density at radius 2 is 2.00 bits per heavy atom. The van der Waals surface area contributed by atoms with Crippen molar-refractivity contribution in [2.45, 2.75) is 37.9 Å². The smallest absolute Gasteiger partial charge is 0.255 e. The van der Waals surface area contributed by atoms with Gasteiger partial charge in [-0.3, -0.25) is 9.69 Å². The quantitative estimate of drug-likeness (QED) is 0.659. The van der Waals surface area contributed by atoms with Gasteiger partial charge in [0.2, 0.25) is 5.75 Å². The maximum absolute atomic E-state index is 13.1. The molecule has 2 fully saturated rings. The average Bonchev–Trinajstić information content (AvgIpc) is 3.19. The Kier molecular flexibility index (Phi) is 7.99. The lowest BCUT2D eigenvalue weighted by Gasteiger charge is -2.38. The SMILES string of the molecule is COc1c(Cl)cc(C(=O)NC[C@@H]2CCN(CC3CCCO3)CC2OC)c2c1OCCCO2. The molecule has 0 radical (unpaired) electrons. The van der Waals surface area contributed by atoms with Crippen LogP contribution in [0.25, 0.3) is 0 Å². The van der Waals surface area contributed by atoms with E-state index in [4.69, 9.17) is 35.3 Å². The normalized spacial score (nSPS) is 25.9. The summed E-state index contributed by atoms with van der Waals surface area (Å²) < 4.78 is 28.6. The molecule has 4 rings (SSSR count). The molecule has 0 saturated carbocycles. The Bertz CT molecular complexity index is 801. The number of carbonyl (C=O) groups excluding carboxylic acids is 1. The Hall–Kier alpha value is -1.74. The second kappa shape index (κ2) is 10.9. The van der Waals surface area contributed by atoms with Crippen molar-refractivity contribution < 1.29 is 28.5 Å². The Morgan fingerprint density at radius 3 is 2.72 bits per heavy atom. The zero-order valence-corrected chi connectivity index (χ0v) is 19.6. The number of likely N-dealkylation sites (tertiary alicyclic amines) is 1. The third kappa shape index (κ3) is 5.25. The van der Waals surface area contributed by atoms with Gasteiger partial charge in [-0.2, -0.15) is 0 Å². The number of piperidine rings is 1. The molecule has 0 spiro atoms. The summed E-state index contributed by atoms with van der Waals surface area (Å²) in [4.78, 5) is 15.5. The summed E-state index contributed by atoms with van der Waals surface area (Å²) in [5.41, 5.74) is 0.359. The number of nitrogens with one attached hydrogen (secondary N) is 1. The first-order valence-electron chi connectivity index (χ1n) is 11.4. The third-order valence-corrected chi connectivity index (χ3v) is 6.75. The van der Waals surface area contributed by atoms with Crippen LogP contribution in [0.5, 0.6) is 17.2 Å². The van der Waals surface area contributed by atoms with E-state index in [0.717, 1.165) is 51.9 Å². The number of methoxy groups -OCH3 is 2. The minimum absolute atomic E-state index is 0.0570. The second-order valence-electron chi connectivity index (χ2n) is 8.58. The minimum atomic E-state index is -0.243. The van der Waals surface area contributed by atoms with E-state index >= 15 is 0 Å². The molecular formula is C23H33ClN2O6. The van der Waals surface area contributed by atoms with Crippen LogP contribution in [0.2, 0.25) is 5.02 Å². The Balaban J connectivity index is 1.39. The molecule has 1 aromatic rings. The zero-order chi connectivity index (χ0) is 22.5. The predicted octanol–water partition coefficient (Wildman–Crippen LogP) is 2.76. The highest BCUT2D eigenvalue weighted by Crippen LogP contribution is 2.46. The molecule has 0 bridgehead atoms. The van der Waals surface area contributed by atoms with Crippen molar-refractivity contribution in [3.05, 3.63) is 16.7 Å². The van der Waals surface area contributed by atoms with Crippen molar-refractivity contribution in [2.75, 3.05) is 60.2 Å². The number of nitrogens with zero attached hydrogens (tertiary/aromatic N) is 1. The van der Waals surface area contributed by atoms with E-state index in [9.17, 15) is 4.79 Å². The molecule has 0 aliphatic carbocycles. The molecule has 3 aliphatic heterocycles. The Morgan fingerprint density at radius 1 is 1.19 bits per heavy atom. The van der Waals surface area contributed by atoms with Gasteiger partial charge in [0.15, 0.2) is 11.5 Å². The van der Waals surface area contributed by atoms with Crippen LogP contribution in [0.3, 0.4) is 0 Å². The fraction of sp³-hybridized carbons (Fsp3) is 0.696. The van der Waals surface area contributed by atoms with Gasteiger partial charge in [-0.25, -0.2) is 0 Å². The first kappa shape index (κ1) is 23.4. The summed E-state index contributed by atoms with van der Waals surface area (Å²) in [5.74, 6) is 1.15. The maximum atomic E-state index is 13.1. The van der Waals surface area contributed by atoms with Crippen molar-refractivity contribution in [3.63, 3.8) is 0 Å². The predicted molar refractivity (Wildman–Crippen MR) is 120 cm³/mol. The van der Waals surface area contributed by atoms with Gasteiger partial charge in [-0.05, 0) is 31.9 Å². The summed E-state index contributed by atoms with van der Waals surface area (Å²) in [6, 6.07) is 1.58. The highest BCUT2D eigenvalue weighted by molar-refractivity contribution is 6.33. The maximum Gasteiger partial charge on any atom is 0.255 e. The van der Waals surface area contributed by atoms with E-state index in [1.165, 1.54) is 7.11 Å². The molecule has 1 amide bonds. The van der Waals surface area contributed by atoms with Crippen LogP contribution in [0.15, 0.2) is 6.07 Å². The lowest BCUT2D eigenvalue weighted by molar-refractivity contribution is -0.0254. The van der Waals surface area contributed by atoms with Crippen LogP contribution >= 0.6 is 11.6 Å². The molecular weight excluding hydrogens is 436 g/mol. The van der Waals surface area contributed by atoms with Crippen molar-refractivity contribution in [1.29, 1.82) is 0 Å². The molecule has 0 aromatic heterocycles. The van der Waals surface area contributed by atoms with Crippen LogP contribution in [-0.2, 0) is 9.47 Å². The summed E-state index contributed by atoms with van der Waals surface area (Å²) in [6.07, 6.45) is 4.34. The third-order valence-electron chi connectivity index (χ3n) is 6.47. The zero-order valence-electron chi connectivity index (χ0n) is 18.9. The lowest BCUT2D eigenvalue weighted by Crippen LogP contribution is -2.50. The molecule has 178 valence electrons. The van der Waals surface area contributed by atoms with Crippen molar-refractivity contribution >= 4 is 17.5 Å². The first-order chi connectivity index (χ1) is 15.6. The molecule has 2 unspecified atom stereocenters. The molecule has 1 N–H and O–H groups in total. The Labute approximate surface area is 194 Å². The largest absolute Gasteiger partial charge is 0.491 e. The van der Waals surface area contributed by atoms with Crippen LogP contribution in [0.4, 0.5) is 0 Å². The van der Waals surface area contributed by atoms with Crippen molar-refractivity contribution in [3.8, 4) is 17.2 Å². The van der Waals surface area contributed by atoms with Crippen LogP contribution in [0.1, 0.15) is 36.0 Å². The number of rotatable bonds is 7. The van der Waals surface area contributed by atoms with Crippen LogP contribution in [0, 0.1) is 5.92 Å². The van der Waals surface area contributed by atoms with Gasteiger partial charge in [0.25, 0.3) is 5.91 Å². The van der Waals surface area contributed by atoms with Crippen molar-refractivity contribution in [2.24, 2.45) is 5.92 Å². The number of ether oxygens (including phenoxy) is 5. The summed E-state index contributed by atoms with van der Waals surface area (Å²) in [7, 11) is 3.26. The van der Waals surface area contributed by atoms with E-state index in [0.29, 0.717) is 53.7 Å². The van der Waals surface area contributed by atoms with Crippen LogP contribution in [-0.4, -0.2) is 83.2 Å². The van der Waals surface area contributed by atoms with E-state index in [-0.39, 0.29) is 17.9 Å². The highest BCUT2D eigenvalue weighted by atomic mass is 35.5. The minimum Gasteiger partial charge on any atom is -0.491 e. The number of amides is 1. The fourth-order valence-electron chi connectivity index (χ4n) is 4.72. The van der Waals surface area contributed by atoms with E-state index in [1.807, 2.05) is 0 Å². The molecule has 1 aromatic carbocycles. The number of carbonyl (C=O) groups is 1. The van der Waals surface area contributed by atoms with Gasteiger partial charge < -0.3 is 29.0 Å². The molecule has 2 saturated heterocycles. The molecule has 3 atom stereocenters. The van der Waals surface area contributed by atoms with Crippen molar-refractivity contribution in [1.82, 2.24) is 10.2 Å². The van der Waals surface area contributed by atoms with E-state index < -0.39 is 0 Å². The monoisotopic (exact) mass is 468 g/mol.